The summed E-state index contributed by atoms with van der Waals surface area (Å²) in [6.07, 6.45) is 5.72. The van der Waals surface area contributed by atoms with Crippen molar-refractivity contribution in [2.45, 2.75) is 96.1 Å². The highest BCUT2D eigenvalue weighted by atomic mass is 16.2. The lowest BCUT2D eigenvalue weighted by atomic mass is 9.99. The average molecular weight is 853 g/mol. The Labute approximate surface area is 369 Å². The van der Waals surface area contributed by atoms with Crippen molar-refractivity contribution < 1.29 is 24.0 Å². The molecular weight excluding hydrogens is 793 g/mol. The van der Waals surface area contributed by atoms with Gasteiger partial charge in [0, 0.05) is 60.0 Å². The van der Waals surface area contributed by atoms with Gasteiger partial charge in [-0.15, -0.1) is 0 Å². The Morgan fingerprint density at radius 3 is 1.62 bits per heavy atom. The van der Waals surface area contributed by atoms with Crippen molar-refractivity contribution in [3.63, 3.8) is 0 Å². The van der Waals surface area contributed by atoms with Crippen LogP contribution >= 0.6 is 0 Å². The molecule has 6 rings (SSSR count). The number of nitrogens with zero attached hydrogens (tertiary/aromatic N) is 1. The van der Waals surface area contributed by atoms with Crippen LogP contribution in [0.5, 0.6) is 0 Å². The first kappa shape index (κ1) is 45.8. The number of primary amides is 1. The van der Waals surface area contributed by atoms with E-state index < -0.39 is 53.8 Å². The molecule has 0 aliphatic heterocycles. The number of nitrogens with two attached hydrogens (primary N) is 1. The summed E-state index contributed by atoms with van der Waals surface area (Å²) in [7, 11) is 1.70. The molecule has 330 valence electrons. The van der Waals surface area contributed by atoms with Crippen molar-refractivity contribution >= 4 is 51.3 Å². The van der Waals surface area contributed by atoms with Crippen LogP contribution in [0.4, 0.5) is 0 Å². The van der Waals surface area contributed by atoms with Crippen LogP contribution < -0.4 is 32.3 Å². The summed E-state index contributed by atoms with van der Waals surface area (Å²) in [4.78, 5) is 73.6. The predicted octanol–water partition coefficient (Wildman–Crippen LogP) is 4.86. The Morgan fingerprint density at radius 2 is 1.06 bits per heavy atom. The van der Waals surface area contributed by atoms with E-state index in [0.717, 1.165) is 57.0 Å². The number of benzene rings is 4. The summed E-state index contributed by atoms with van der Waals surface area (Å²) in [5.74, 6) is -2.77. The van der Waals surface area contributed by atoms with Gasteiger partial charge in [0.2, 0.25) is 29.5 Å². The van der Waals surface area contributed by atoms with Gasteiger partial charge >= 0.3 is 0 Å². The van der Waals surface area contributed by atoms with Gasteiger partial charge in [-0.05, 0) is 66.6 Å². The fourth-order valence-electron chi connectivity index (χ4n) is 8.11. The number of aromatic amines is 1. The number of H-pyrrole nitrogens is 1. The molecule has 2 aromatic heterocycles. The molecule has 0 fully saturated rings. The smallest absolute Gasteiger partial charge is 0.243 e. The van der Waals surface area contributed by atoms with Crippen molar-refractivity contribution in [2.75, 3.05) is 7.05 Å². The highest BCUT2D eigenvalue weighted by Crippen LogP contribution is 2.24. The molecule has 2 heterocycles. The van der Waals surface area contributed by atoms with Gasteiger partial charge in [0.1, 0.15) is 24.2 Å². The third kappa shape index (κ3) is 12.2. The van der Waals surface area contributed by atoms with Crippen LogP contribution in [0.3, 0.4) is 0 Å². The maximum Gasteiger partial charge on any atom is 0.243 e. The maximum atomic E-state index is 14.7. The summed E-state index contributed by atoms with van der Waals surface area (Å²) >= 11 is 0. The molecule has 8 N–H and O–H groups in total. The minimum atomic E-state index is -1.17. The van der Waals surface area contributed by atoms with E-state index in [0.29, 0.717) is 12.8 Å². The van der Waals surface area contributed by atoms with Crippen molar-refractivity contribution in [2.24, 2.45) is 11.7 Å². The highest BCUT2D eigenvalue weighted by molar-refractivity contribution is 5.97. The van der Waals surface area contributed by atoms with E-state index in [4.69, 9.17) is 5.73 Å². The SMILES string of the molecule is CCCn1cc(C[C@@H](NC(=O)[C@H](Cc2ccccc2)NC(=O)[C@@H](Cc2c[nH]c3ccccc23)NC(=O)[C@@H](Cc2ccccc2)NC)C(=O)N[C@@H](CC(C)C)C(N)=O)c2ccccc21. The standard InChI is InChI=1S/C50H60N8O5/c1-5-24-58-31-36(38-21-13-15-23-45(38)58)29-44(49(62)54-40(46(51)59)25-32(2)3)57-48(61)42(27-34-18-10-7-11-19-34)55-50(63)43(28-35-30-53-39-22-14-12-20-37(35)39)56-47(60)41(52-4)26-33-16-8-6-9-17-33/h6-23,30-32,40-44,52-53H,5,24-29H2,1-4H3,(H2,51,59)(H,54,62)(H,55,63)(H,56,60)(H,57,61)/t40-,41+,42-,43+,44+/m0/s1. The molecule has 0 saturated carbocycles. The number of carbonyl (C=O) groups excluding carboxylic acids is 5. The van der Waals surface area contributed by atoms with Crippen LogP contribution in [0.15, 0.2) is 122 Å². The lowest BCUT2D eigenvalue weighted by Gasteiger charge is -2.27. The first-order chi connectivity index (χ1) is 30.4. The molecule has 5 amide bonds. The third-order valence-corrected chi connectivity index (χ3v) is 11.4. The largest absolute Gasteiger partial charge is 0.368 e. The number of hydrogen-bond acceptors (Lipinski definition) is 6. The van der Waals surface area contributed by atoms with E-state index in [1.807, 2.05) is 135 Å². The Morgan fingerprint density at radius 1 is 0.587 bits per heavy atom. The third-order valence-electron chi connectivity index (χ3n) is 11.4. The number of aryl methyl sites for hydroxylation is 1. The number of amides is 5. The van der Waals surface area contributed by atoms with Crippen LogP contribution in [-0.4, -0.2) is 76.3 Å². The Hall–Kier alpha value is -6.73. The summed E-state index contributed by atoms with van der Waals surface area (Å²) in [6, 6.07) is 29.4. The Bertz CT molecular complexity index is 2480. The normalized spacial score (nSPS) is 13.8. The number of hydrogen-bond donors (Lipinski definition) is 7. The van der Waals surface area contributed by atoms with Crippen molar-refractivity contribution in [1.29, 1.82) is 0 Å². The molecular formula is C50H60N8O5. The summed E-state index contributed by atoms with van der Waals surface area (Å²) in [6.45, 7) is 6.70. The summed E-state index contributed by atoms with van der Waals surface area (Å²) in [5, 5.41) is 16.7. The molecule has 0 aliphatic rings. The van der Waals surface area contributed by atoms with Gasteiger partial charge in [0.25, 0.3) is 0 Å². The van der Waals surface area contributed by atoms with Gasteiger partial charge in [-0.1, -0.05) is 118 Å². The fraction of sp³-hybridized carbons (Fsp3) is 0.340. The van der Waals surface area contributed by atoms with Gasteiger partial charge in [-0.3, -0.25) is 24.0 Å². The highest BCUT2D eigenvalue weighted by Gasteiger charge is 2.33. The van der Waals surface area contributed by atoms with E-state index in [1.165, 1.54) is 0 Å². The van der Waals surface area contributed by atoms with Crippen LogP contribution in [0.1, 0.15) is 55.9 Å². The number of rotatable bonds is 22. The molecule has 0 saturated heterocycles. The molecule has 5 atom stereocenters. The number of likely N-dealkylation sites (N-methyl/N-ethyl adjacent to an activating group) is 1. The molecule has 13 nitrogen and oxygen atoms in total. The number of aromatic nitrogens is 2. The molecule has 0 aliphatic carbocycles. The zero-order valence-corrected chi connectivity index (χ0v) is 36.5. The first-order valence-electron chi connectivity index (χ1n) is 21.8. The van der Waals surface area contributed by atoms with Crippen LogP contribution in [0.2, 0.25) is 0 Å². The van der Waals surface area contributed by atoms with Crippen molar-refractivity contribution in [1.82, 2.24) is 36.1 Å². The number of para-hydroxylation sites is 2. The minimum absolute atomic E-state index is 0.0488. The summed E-state index contributed by atoms with van der Waals surface area (Å²) < 4.78 is 2.13. The molecule has 4 aromatic carbocycles. The minimum Gasteiger partial charge on any atom is -0.368 e. The molecule has 63 heavy (non-hydrogen) atoms. The maximum absolute atomic E-state index is 14.7. The Balaban J connectivity index is 1.32. The van der Waals surface area contributed by atoms with E-state index in [9.17, 15) is 24.0 Å². The quantitative estimate of drug-likeness (QED) is 0.0510. The summed E-state index contributed by atoms with van der Waals surface area (Å²) in [5.41, 5.74) is 11.0. The molecule has 0 spiro atoms. The molecule has 13 heteroatoms. The Kier molecular flexibility index (Phi) is 15.9. The fourth-order valence-corrected chi connectivity index (χ4v) is 8.11. The molecule has 6 aromatic rings. The van der Waals surface area contributed by atoms with Gasteiger partial charge in [0.05, 0.1) is 6.04 Å². The first-order valence-corrected chi connectivity index (χ1v) is 21.8. The predicted molar refractivity (Wildman–Crippen MR) is 247 cm³/mol. The second-order valence-electron chi connectivity index (χ2n) is 16.6. The number of nitrogens with one attached hydrogen (secondary N) is 6. The molecule has 0 bridgehead atoms. The van der Waals surface area contributed by atoms with Gasteiger partial charge in [-0.2, -0.15) is 0 Å². The molecule has 0 radical (unpaired) electrons. The van der Waals surface area contributed by atoms with Crippen LogP contribution in [-0.2, 0) is 56.2 Å². The topological polar surface area (TPSA) is 192 Å². The van der Waals surface area contributed by atoms with Crippen LogP contribution in [0.25, 0.3) is 21.8 Å². The zero-order chi connectivity index (χ0) is 44.9. The van der Waals surface area contributed by atoms with Crippen LogP contribution in [0, 0.1) is 5.92 Å². The second-order valence-corrected chi connectivity index (χ2v) is 16.6. The molecule has 0 unspecified atom stereocenters. The van der Waals surface area contributed by atoms with Gasteiger partial charge < -0.3 is 41.9 Å². The monoisotopic (exact) mass is 852 g/mol. The average Bonchev–Trinajstić information content (AvgIpc) is 3.85. The number of fused-ring (bicyclic) bond motifs is 2. The van der Waals surface area contributed by atoms with Gasteiger partial charge in [-0.25, -0.2) is 0 Å². The van der Waals surface area contributed by atoms with Crippen molar-refractivity contribution in [3.8, 4) is 0 Å². The zero-order valence-electron chi connectivity index (χ0n) is 36.5. The van der Waals surface area contributed by atoms with Gasteiger partial charge in [0.15, 0.2) is 0 Å². The number of carbonyl (C=O) groups is 5. The van der Waals surface area contributed by atoms with E-state index in [2.05, 4.69) is 43.1 Å². The van der Waals surface area contributed by atoms with E-state index in [1.54, 1.807) is 7.05 Å². The van der Waals surface area contributed by atoms with E-state index >= 15 is 0 Å². The lowest BCUT2D eigenvalue weighted by molar-refractivity contribution is -0.134. The van der Waals surface area contributed by atoms with Crippen molar-refractivity contribution in [3.05, 3.63) is 144 Å². The second kappa shape index (κ2) is 21.9. The lowest BCUT2D eigenvalue weighted by Crippen LogP contribution is -2.60. The van der Waals surface area contributed by atoms with E-state index in [-0.39, 0.29) is 31.1 Å².